The molecule has 15 aliphatic rings. The Bertz CT molecular complexity index is 2190. The molecule has 0 N–H and O–H groups in total. The molecule has 15 aliphatic carbocycles. The van der Waals surface area contributed by atoms with Crippen LogP contribution in [0.2, 0.25) is 0 Å². The van der Waals surface area contributed by atoms with Crippen LogP contribution in [0.25, 0.3) is 39.0 Å². The van der Waals surface area contributed by atoms with Gasteiger partial charge >= 0.3 is 0 Å². The molecular weight excluding hydrogens is 761 g/mol. The van der Waals surface area contributed by atoms with Crippen LogP contribution in [-0.4, -0.2) is 0 Å². The quantitative estimate of drug-likeness (QED) is 0.170. The zero-order chi connectivity index (χ0) is 35.3. The van der Waals surface area contributed by atoms with E-state index in [9.17, 15) is 0 Å². The Morgan fingerprint density at radius 1 is 0.255 bits per heavy atom. The van der Waals surface area contributed by atoms with E-state index in [0.717, 1.165) is 59.2 Å². The van der Waals surface area contributed by atoms with Gasteiger partial charge < -0.3 is 0 Å². The van der Waals surface area contributed by atoms with Crippen molar-refractivity contribution >= 4 is 56.7 Å². The lowest BCUT2D eigenvalue weighted by atomic mass is 9.64. The van der Waals surface area contributed by atoms with E-state index in [1.807, 2.05) is 43.1 Å². The summed E-state index contributed by atoms with van der Waals surface area (Å²) in [5.74, 6) is 8.20. The van der Waals surface area contributed by atoms with Gasteiger partial charge in [-0.05, 0) is 244 Å². The Kier molecular flexibility index (Phi) is 6.83. The van der Waals surface area contributed by atoms with Gasteiger partial charge in [-0.1, -0.05) is 0 Å². The molecular formula is C50H52S5. The highest BCUT2D eigenvalue weighted by Gasteiger charge is 2.47. The third-order valence-electron chi connectivity index (χ3n) is 18.1. The fraction of sp³-hybridized carbons (Fsp3) is 0.600. The van der Waals surface area contributed by atoms with Crippen molar-refractivity contribution in [2.24, 2.45) is 0 Å². The van der Waals surface area contributed by atoms with Crippen molar-refractivity contribution in [2.75, 3.05) is 0 Å². The minimum absolute atomic E-state index is 0.790. The highest BCUT2D eigenvalue weighted by molar-refractivity contribution is 7.30. The van der Waals surface area contributed by atoms with E-state index in [2.05, 4.69) is 68.8 Å². The maximum atomic E-state index is 2.76. The van der Waals surface area contributed by atoms with Gasteiger partial charge in [-0.25, -0.2) is 0 Å². The topological polar surface area (TPSA) is 0 Å². The first-order chi connectivity index (χ1) is 27.2. The first-order valence-corrected chi connectivity index (χ1v) is 27.1. The standard InChI is InChI=1S/C50H52S5/c1-17-31-18-2-23(1)33-21-35(51-43(31)33)45-37-25-5-9-27(10-6-25)39(37)47(53-45)49-41-29-13-15-30(16-14-29)42(41)50(55-49)48-40-28-11-7-26(8-12-28)38(40)46(54-48)36-22-34-24-3-19-32(20-4-24)44(34)52-36/h21-32H,1-20H2. The molecule has 0 aromatic carbocycles. The van der Waals surface area contributed by atoms with Crippen LogP contribution in [0.4, 0.5) is 0 Å². The average molecular weight is 813 g/mol. The molecule has 0 unspecified atom stereocenters. The molecule has 5 heteroatoms. The zero-order valence-corrected chi connectivity index (χ0v) is 36.2. The summed E-state index contributed by atoms with van der Waals surface area (Å²) in [6.45, 7) is 0. The summed E-state index contributed by atoms with van der Waals surface area (Å²) in [6.07, 6.45) is 28.9. The Labute approximate surface area is 347 Å². The molecule has 282 valence electrons. The van der Waals surface area contributed by atoms with Crippen LogP contribution < -0.4 is 0 Å². The van der Waals surface area contributed by atoms with Gasteiger partial charge in [0.1, 0.15) is 0 Å². The van der Waals surface area contributed by atoms with Gasteiger partial charge in [0.2, 0.25) is 0 Å². The molecule has 5 saturated carbocycles. The summed E-state index contributed by atoms with van der Waals surface area (Å²) in [6, 6.07) is 5.52. The lowest BCUT2D eigenvalue weighted by molar-refractivity contribution is 0.359. The molecule has 0 atom stereocenters. The molecule has 0 aliphatic heterocycles. The molecule has 0 amide bonds. The predicted octanol–water partition coefficient (Wildman–Crippen LogP) is 17.4. The highest BCUT2D eigenvalue weighted by atomic mass is 32.1. The van der Waals surface area contributed by atoms with Crippen LogP contribution in [0.1, 0.15) is 242 Å². The summed E-state index contributed by atoms with van der Waals surface area (Å²) in [4.78, 5) is 17.6. The third kappa shape index (κ3) is 4.30. The van der Waals surface area contributed by atoms with Crippen LogP contribution in [0.15, 0.2) is 12.1 Å². The van der Waals surface area contributed by atoms with E-state index >= 15 is 0 Å². The largest absolute Gasteiger partial charge is 0.139 e. The van der Waals surface area contributed by atoms with Crippen LogP contribution in [-0.2, 0) is 0 Å². The van der Waals surface area contributed by atoms with Crippen LogP contribution in [0.5, 0.6) is 0 Å². The molecule has 0 saturated heterocycles. The lowest BCUT2D eigenvalue weighted by Gasteiger charge is -2.39. The van der Waals surface area contributed by atoms with E-state index in [0.29, 0.717) is 0 Å². The van der Waals surface area contributed by atoms with Crippen molar-refractivity contribution in [1.29, 1.82) is 0 Å². The van der Waals surface area contributed by atoms with E-state index < -0.39 is 0 Å². The summed E-state index contributed by atoms with van der Waals surface area (Å²) in [5.41, 5.74) is 14.8. The number of fused-ring (bicyclic) bond motifs is 10. The monoisotopic (exact) mass is 812 g/mol. The Morgan fingerprint density at radius 2 is 0.491 bits per heavy atom. The first kappa shape index (κ1) is 32.4. The van der Waals surface area contributed by atoms with Crippen molar-refractivity contribution in [3.05, 3.63) is 66.4 Å². The van der Waals surface area contributed by atoms with E-state index in [4.69, 9.17) is 0 Å². The van der Waals surface area contributed by atoms with Gasteiger partial charge in [-0.2, -0.15) is 0 Å². The van der Waals surface area contributed by atoms with Crippen LogP contribution >= 0.6 is 56.7 Å². The molecule has 5 heterocycles. The van der Waals surface area contributed by atoms with Gasteiger partial charge in [-0.3, -0.25) is 0 Å². The van der Waals surface area contributed by atoms with Crippen molar-refractivity contribution in [3.8, 4) is 39.0 Å². The fourth-order valence-corrected chi connectivity index (χ4v) is 23.3. The van der Waals surface area contributed by atoms with Gasteiger partial charge in [0.05, 0.1) is 0 Å². The summed E-state index contributed by atoms with van der Waals surface area (Å²) < 4.78 is 0. The van der Waals surface area contributed by atoms with Crippen molar-refractivity contribution in [3.63, 3.8) is 0 Å². The SMILES string of the molecule is c1c(-c2sc(-c3sc(-c4sc(-c5cc6c(s5)C5CCC6CC5)c5c4C4CCC5CC4)c4c3C3CCC4CC3)c3c2C2CCC3CC2)sc2c1C1CCC2CC1. The lowest BCUT2D eigenvalue weighted by Crippen LogP contribution is -2.23. The van der Waals surface area contributed by atoms with Gasteiger partial charge in [-0.15, -0.1) is 56.7 Å². The van der Waals surface area contributed by atoms with E-state index in [1.54, 1.807) is 50.1 Å². The molecule has 0 nitrogen and oxygen atoms in total. The summed E-state index contributed by atoms with van der Waals surface area (Å²) in [7, 11) is 0. The molecule has 5 aromatic rings. The zero-order valence-electron chi connectivity index (χ0n) is 32.1. The van der Waals surface area contributed by atoms with Crippen molar-refractivity contribution in [1.82, 2.24) is 0 Å². The second kappa shape index (κ2) is 11.6. The molecule has 20 rings (SSSR count). The molecule has 5 aromatic heterocycles. The Morgan fingerprint density at radius 3 is 0.782 bits per heavy atom. The fourth-order valence-electron chi connectivity index (χ4n) is 15.5. The Hall–Kier alpha value is -1.50. The van der Waals surface area contributed by atoms with Crippen LogP contribution in [0.3, 0.4) is 0 Å². The number of thiophene rings is 5. The number of hydrogen-bond acceptors (Lipinski definition) is 5. The second-order valence-electron chi connectivity index (χ2n) is 20.4. The van der Waals surface area contributed by atoms with Gasteiger partial charge in [0.25, 0.3) is 0 Å². The second-order valence-corrected chi connectivity index (χ2v) is 25.6. The average Bonchev–Trinajstić information content (AvgIpc) is 4.10. The predicted molar refractivity (Wildman–Crippen MR) is 237 cm³/mol. The third-order valence-corrected chi connectivity index (χ3v) is 25.1. The summed E-state index contributed by atoms with van der Waals surface area (Å²) in [5, 5.41) is 0. The maximum Gasteiger partial charge on any atom is 0.0490 e. The Balaban J connectivity index is 0.947. The minimum Gasteiger partial charge on any atom is -0.139 e. The smallest absolute Gasteiger partial charge is 0.0490 e. The van der Waals surface area contributed by atoms with E-state index in [1.165, 1.54) is 128 Å². The molecule has 55 heavy (non-hydrogen) atoms. The molecule has 5 fully saturated rings. The maximum absolute atomic E-state index is 2.76. The van der Waals surface area contributed by atoms with Crippen molar-refractivity contribution in [2.45, 2.75) is 188 Å². The molecule has 0 radical (unpaired) electrons. The first-order valence-electron chi connectivity index (χ1n) is 23.0. The number of rotatable bonds is 4. The highest BCUT2D eigenvalue weighted by Crippen LogP contribution is 2.68. The van der Waals surface area contributed by atoms with Gasteiger partial charge in [0, 0.05) is 48.8 Å². The number of hydrogen-bond donors (Lipinski definition) is 0. The van der Waals surface area contributed by atoms with Crippen LogP contribution in [0, 0.1) is 0 Å². The van der Waals surface area contributed by atoms with E-state index in [-0.39, 0.29) is 0 Å². The summed E-state index contributed by atoms with van der Waals surface area (Å²) >= 11 is 11.5. The minimum atomic E-state index is 0.790. The molecule has 10 bridgehead atoms. The normalized spacial score (nSPS) is 35.3. The molecule has 0 spiro atoms. The van der Waals surface area contributed by atoms with Crippen molar-refractivity contribution < 1.29 is 0 Å². The van der Waals surface area contributed by atoms with Gasteiger partial charge in [0.15, 0.2) is 0 Å².